The van der Waals surface area contributed by atoms with Crippen LogP contribution in [0.2, 0.25) is 0 Å². The van der Waals surface area contributed by atoms with Crippen LogP contribution in [-0.2, 0) is 21.2 Å². The van der Waals surface area contributed by atoms with Crippen LogP contribution in [0, 0.1) is 6.92 Å². The van der Waals surface area contributed by atoms with E-state index in [2.05, 4.69) is 20.7 Å². The van der Waals surface area contributed by atoms with Crippen molar-refractivity contribution in [3.05, 3.63) is 58.1 Å². The molecule has 23 heavy (non-hydrogen) atoms. The van der Waals surface area contributed by atoms with Gasteiger partial charge < -0.3 is 9.90 Å². The van der Waals surface area contributed by atoms with Crippen LogP contribution in [0.1, 0.15) is 17.5 Å². The Hall–Kier alpha value is -1.86. The summed E-state index contributed by atoms with van der Waals surface area (Å²) in [6, 6.07) is 11.3. The Morgan fingerprint density at radius 3 is 2.39 bits per heavy atom. The van der Waals surface area contributed by atoms with Crippen molar-refractivity contribution in [3.63, 3.8) is 0 Å². The summed E-state index contributed by atoms with van der Waals surface area (Å²) in [5.41, 5.74) is 2.14. The van der Waals surface area contributed by atoms with Gasteiger partial charge in [0.15, 0.2) is 0 Å². The molecule has 7 heteroatoms. The van der Waals surface area contributed by atoms with Crippen LogP contribution in [0.25, 0.3) is 0 Å². The molecule has 0 unspecified atom stereocenters. The molecule has 0 aliphatic carbocycles. The topological polar surface area (TPSA) is 86.3 Å². The number of halogens is 1. The van der Waals surface area contributed by atoms with E-state index in [1.165, 1.54) is 12.1 Å². The third-order valence-corrected chi connectivity index (χ3v) is 5.55. The van der Waals surface area contributed by atoms with Gasteiger partial charge in [-0.05, 0) is 61.2 Å². The van der Waals surface area contributed by atoms with E-state index in [1.807, 2.05) is 6.92 Å². The Morgan fingerprint density at radius 2 is 1.83 bits per heavy atom. The number of rotatable bonds is 6. The minimum atomic E-state index is -3.68. The molecule has 0 amide bonds. The van der Waals surface area contributed by atoms with Crippen LogP contribution in [-0.4, -0.2) is 14.4 Å². The van der Waals surface area contributed by atoms with E-state index in [1.54, 1.807) is 30.3 Å². The molecular formula is C16H15BrNO4S-. The van der Waals surface area contributed by atoms with Gasteiger partial charge >= 0.3 is 0 Å². The molecule has 5 nitrogen and oxygen atoms in total. The van der Waals surface area contributed by atoms with Gasteiger partial charge in [0, 0.05) is 16.1 Å². The quantitative estimate of drug-likeness (QED) is 0.810. The molecule has 0 aliphatic rings. The molecule has 0 fully saturated rings. The molecule has 0 aromatic heterocycles. The first-order valence-electron chi connectivity index (χ1n) is 6.86. The lowest BCUT2D eigenvalue weighted by Crippen LogP contribution is -2.22. The highest BCUT2D eigenvalue weighted by atomic mass is 79.9. The number of carboxylic acids is 1. The first-order valence-corrected chi connectivity index (χ1v) is 9.13. The average molecular weight is 397 g/mol. The number of aryl methyl sites for hydroxylation is 2. The fourth-order valence-corrected chi connectivity index (χ4v) is 3.30. The lowest BCUT2D eigenvalue weighted by molar-refractivity contribution is -0.305. The summed E-state index contributed by atoms with van der Waals surface area (Å²) in [4.78, 5) is 10.6. The van der Waals surface area contributed by atoms with E-state index in [0.29, 0.717) is 12.1 Å². The number of carbonyl (C=O) groups is 1. The predicted molar refractivity (Wildman–Crippen MR) is 89.5 cm³/mol. The van der Waals surface area contributed by atoms with Crippen molar-refractivity contribution in [2.45, 2.75) is 24.7 Å². The summed E-state index contributed by atoms with van der Waals surface area (Å²) >= 11 is 3.36. The fraction of sp³-hybridized carbons (Fsp3) is 0.188. The molecule has 0 heterocycles. The van der Waals surface area contributed by atoms with Crippen LogP contribution in [0.3, 0.4) is 0 Å². The normalized spacial score (nSPS) is 11.2. The first-order chi connectivity index (χ1) is 10.8. The lowest BCUT2D eigenvalue weighted by Gasteiger charge is -2.10. The third kappa shape index (κ3) is 4.80. The van der Waals surface area contributed by atoms with Crippen molar-refractivity contribution >= 4 is 37.6 Å². The average Bonchev–Trinajstić information content (AvgIpc) is 2.49. The number of benzene rings is 2. The van der Waals surface area contributed by atoms with E-state index in [-0.39, 0.29) is 11.3 Å². The minimum Gasteiger partial charge on any atom is -0.550 e. The molecule has 1 N–H and O–H groups in total. The molecule has 2 aromatic carbocycles. The summed E-state index contributed by atoms with van der Waals surface area (Å²) in [6.07, 6.45) is 0.213. The highest BCUT2D eigenvalue weighted by Gasteiger charge is 2.14. The van der Waals surface area contributed by atoms with Crippen molar-refractivity contribution in [1.82, 2.24) is 0 Å². The third-order valence-electron chi connectivity index (χ3n) is 3.26. The first kappa shape index (κ1) is 17.5. The summed E-state index contributed by atoms with van der Waals surface area (Å²) < 4.78 is 28.1. The van der Waals surface area contributed by atoms with Gasteiger partial charge in [0.2, 0.25) is 0 Å². The van der Waals surface area contributed by atoms with Gasteiger partial charge in [-0.2, -0.15) is 0 Å². The van der Waals surface area contributed by atoms with Crippen LogP contribution < -0.4 is 9.83 Å². The van der Waals surface area contributed by atoms with Gasteiger partial charge in [0.05, 0.1) is 4.90 Å². The lowest BCUT2D eigenvalue weighted by atomic mass is 10.1. The standard InChI is InChI=1S/C16H16BrNO4S/c1-11-10-13(5-8-15(11)17)18-23(21,22)14-6-2-12(3-7-14)4-9-16(19)20/h2-3,5-8,10,18H,4,9H2,1H3,(H,19,20)/p-1. The smallest absolute Gasteiger partial charge is 0.261 e. The monoisotopic (exact) mass is 396 g/mol. The van der Waals surface area contributed by atoms with Crippen molar-refractivity contribution in [2.75, 3.05) is 4.72 Å². The number of aliphatic carboxylic acids is 1. The second-order valence-electron chi connectivity index (χ2n) is 5.09. The van der Waals surface area contributed by atoms with E-state index in [4.69, 9.17) is 0 Å². The maximum atomic E-state index is 12.3. The van der Waals surface area contributed by atoms with Crippen LogP contribution in [0.5, 0.6) is 0 Å². The molecule has 122 valence electrons. The van der Waals surface area contributed by atoms with Crippen molar-refractivity contribution in [3.8, 4) is 0 Å². The summed E-state index contributed by atoms with van der Waals surface area (Å²) in [5, 5.41) is 10.4. The molecule has 2 aromatic rings. The van der Waals surface area contributed by atoms with Crippen molar-refractivity contribution < 1.29 is 18.3 Å². The molecule has 0 aliphatic heterocycles. The summed E-state index contributed by atoms with van der Waals surface area (Å²) in [5.74, 6) is -1.13. The van der Waals surface area contributed by atoms with Gasteiger partial charge in [0.25, 0.3) is 10.0 Å². The summed E-state index contributed by atoms with van der Waals surface area (Å²) in [7, 11) is -3.68. The maximum Gasteiger partial charge on any atom is 0.261 e. The SMILES string of the molecule is Cc1cc(NS(=O)(=O)c2ccc(CCC(=O)[O-])cc2)ccc1Br. The van der Waals surface area contributed by atoms with E-state index in [0.717, 1.165) is 15.6 Å². The zero-order valence-electron chi connectivity index (χ0n) is 12.4. The molecule has 0 saturated heterocycles. The Bertz CT molecular complexity index is 816. The molecule has 0 bridgehead atoms. The highest BCUT2D eigenvalue weighted by molar-refractivity contribution is 9.10. The largest absolute Gasteiger partial charge is 0.550 e. The van der Waals surface area contributed by atoms with Gasteiger partial charge in [-0.15, -0.1) is 0 Å². The Morgan fingerprint density at radius 1 is 1.17 bits per heavy atom. The highest BCUT2D eigenvalue weighted by Crippen LogP contribution is 2.22. The Labute approximate surface area is 143 Å². The van der Waals surface area contributed by atoms with E-state index >= 15 is 0 Å². The molecular weight excluding hydrogens is 382 g/mol. The number of hydrogen-bond donors (Lipinski definition) is 1. The van der Waals surface area contributed by atoms with Gasteiger partial charge in [-0.25, -0.2) is 8.42 Å². The zero-order valence-corrected chi connectivity index (χ0v) is 14.8. The number of carboxylic acid groups (broad SMARTS) is 1. The Balaban J connectivity index is 2.15. The predicted octanol–water partition coefficient (Wildman–Crippen LogP) is 2.24. The molecule has 0 atom stereocenters. The second-order valence-corrected chi connectivity index (χ2v) is 7.62. The number of anilines is 1. The second kappa shape index (κ2) is 7.14. The number of carbonyl (C=O) groups excluding carboxylic acids is 1. The zero-order chi connectivity index (χ0) is 17.0. The number of sulfonamides is 1. The Kier molecular flexibility index (Phi) is 5.43. The minimum absolute atomic E-state index is 0.0947. The van der Waals surface area contributed by atoms with Gasteiger partial charge in [-0.1, -0.05) is 28.1 Å². The van der Waals surface area contributed by atoms with Crippen LogP contribution in [0.4, 0.5) is 5.69 Å². The van der Waals surface area contributed by atoms with Crippen LogP contribution in [0.15, 0.2) is 51.8 Å². The maximum absolute atomic E-state index is 12.3. The van der Waals surface area contributed by atoms with Crippen LogP contribution >= 0.6 is 15.9 Å². The molecule has 2 rings (SSSR count). The van der Waals surface area contributed by atoms with E-state index < -0.39 is 16.0 Å². The van der Waals surface area contributed by atoms with Crippen molar-refractivity contribution in [1.29, 1.82) is 0 Å². The fourth-order valence-electron chi connectivity index (χ4n) is 2.00. The van der Waals surface area contributed by atoms with Crippen molar-refractivity contribution in [2.24, 2.45) is 0 Å². The number of hydrogen-bond acceptors (Lipinski definition) is 4. The molecule has 0 saturated carbocycles. The van der Waals surface area contributed by atoms with Gasteiger partial charge in [-0.3, -0.25) is 4.72 Å². The molecule has 0 spiro atoms. The molecule has 0 radical (unpaired) electrons. The summed E-state index contributed by atoms with van der Waals surface area (Å²) in [6.45, 7) is 1.87. The van der Waals surface area contributed by atoms with Gasteiger partial charge in [0.1, 0.15) is 0 Å². The van der Waals surface area contributed by atoms with E-state index in [9.17, 15) is 18.3 Å². The number of nitrogens with one attached hydrogen (secondary N) is 1.